The molecule has 24 heavy (non-hydrogen) atoms. The first-order valence-electron chi connectivity index (χ1n) is 8.14. The Hall–Kier alpha value is -2.33. The number of hydrogen-bond acceptors (Lipinski definition) is 2. The van der Waals surface area contributed by atoms with E-state index in [4.69, 9.17) is 0 Å². The lowest BCUT2D eigenvalue weighted by Gasteiger charge is -2.29. The van der Waals surface area contributed by atoms with Crippen LogP contribution in [-0.4, -0.2) is 28.2 Å². The molecule has 0 aromatic heterocycles. The fourth-order valence-electron chi connectivity index (χ4n) is 2.54. The first kappa shape index (κ1) is 18.0. The molecular weight excluding hydrogens is 300 g/mol. The van der Waals surface area contributed by atoms with Crippen LogP contribution in [0.15, 0.2) is 48.5 Å². The highest BCUT2D eigenvalue weighted by Gasteiger charge is 2.23. The predicted molar refractivity (Wildman–Crippen MR) is 98.1 cm³/mol. The van der Waals surface area contributed by atoms with E-state index in [-0.39, 0.29) is 12.6 Å². The van der Waals surface area contributed by atoms with Crippen molar-refractivity contribution in [3.63, 3.8) is 0 Å². The maximum atomic E-state index is 12.8. The number of benzene rings is 2. The van der Waals surface area contributed by atoms with Gasteiger partial charge in [-0.05, 0) is 50.5 Å². The lowest BCUT2D eigenvalue weighted by Crippen LogP contribution is -2.43. The van der Waals surface area contributed by atoms with Crippen LogP contribution in [0.4, 0.5) is 10.5 Å². The van der Waals surface area contributed by atoms with Gasteiger partial charge < -0.3 is 15.3 Å². The van der Waals surface area contributed by atoms with Crippen LogP contribution < -0.4 is 5.32 Å². The average Bonchev–Trinajstić information content (AvgIpc) is 2.50. The van der Waals surface area contributed by atoms with Gasteiger partial charge >= 0.3 is 6.03 Å². The van der Waals surface area contributed by atoms with Crippen molar-refractivity contribution in [3.8, 4) is 0 Å². The highest BCUT2D eigenvalue weighted by Crippen LogP contribution is 2.18. The summed E-state index contributed by atoms with van der Waals surface area (Å²) in [6.45, 7) is 8.06. The van der Waals surface area contributed by atoms with E-state index in [1.54, 1.807) is 18.7 Å². The normalized spacial score (nSPS) is 11.2. The summed E-state index contributed by atoms with van der Waals surface area (Å²) in [5, 5.41) is 13.1. The number of nitrogens with zero attached hydrogens (tertiary/aromatic N) is 1. The van der Waals surface area contributed by atoms with Gasteiger partial charge in [0.05, 0.1) is 12.1 Å². The van der Waals surface area contributed by atoms with E-state index in [9.17, 15) is 9.90 Å². The minimum absolute atomic E-state index is 0.213. The first-order valence-corrected chi connectivity index (χ1v) is 8.14. The molecule has 0 unspecified atom stereocenters. The molecule has 4 heteroatoms. The molecule has 0 saturated heterocycles. The molecule has 128 valence electrons. The van der Waals surface area contributed by atoms with Gasteiger partial charge in [0.25, 0.3) is 0 Å². The summed E-state index contributed by atoms with van der Waals surface area (Å²) >= 11 is 0. The van der Waals surface area contributed by atoms with Crippen LogP contribution in [-0.2, 0) is 6.54 Å². The monoisotopic (exact) mass is 326 g/mol. The SMILES string of the molecule is Cc1ccc(C)c(NC(=O)N(Cc2ccccc2)CC(C)(C)O)c1. The second-order valence-corrected chi connectivity index (χ2v) is 6.90. The third-order valence-corrected chi connectivity index (χ3v) is 3.72. The largest absolute Gasteiger partial charge is 0.389 e. The molecule has 2 rings (SSSR count). The standard InChI is InChI=1S/C20H26N2O2/c1-15-10-11-16(2)18(12-15)21-19(23)22(14-20(3,4)24)13-17-8-6-5-7-9-17/h5-12,24H,13-14H2,1-4H3,(H,21,23). The smallest absolute Gasteiger partial charge is 0.322 e. The van der Waals surface area contributed by atoms with Crippen molar-refractivity contribution in [3.05, 3.63) is 65.2 Å². The second-order valence-electron chi connectivity index (χ2n) is 6.90. The fourth-order valence-corrected chi connectivity index (χ4v) is 2.54. The average molecular weight is 326 g/mol. The molecule has 0 atom stereocenters. The number of nitrogens with one attached hydrogen (secondary N) is 1. The van der Waals surface area contributed by atoms with Crippen molar-refractivity contribution >= 4 is 11.7 Å². The molecule has 4 nitrogen and oxygen atoms in total. The number of aryl methyl sites for hydroxylation is 2. The van der Waals surface area contributed by atoms with Gasteiger partial charge in [0.1, 0.15) is 0 Å². The van der Waals surface area contributed by atoms with Gasteiger partial charge in [0.15, 0.2) is 0 Å². The number of amides is 2. The Morgan fingerprint density at radius 2 is 1.79 bits per heavy atom. The van der Waals surface area contributed by atoms with Gasteiger partial charge in [-0.1, -0.05) is 42.5 Å². The van der Waals surface area contributed by atoms with Crippen LogP contribution in [0.3, 0.4) is 0 Å². The number of anilines is 1. The minimum atomic E-state index is -0.965. The van der Waals surface area contributed by atoms with Gasteiger partial charge in [0, 0.05) is 12.2 Å². The number of hydrogen-bond donors (Lipinski definition) is 2. The molecule has 0 radical (unpaired) electrons. The van der Waals surface area contributed by atoms with Gasteiger partial charge in [-0.25, -0.2) is 4.79 Å². The molecule has 0 aliphatic rings. The molecule has 2 aromatic carbocycles. The van der Waals surface area contributed by atoms with Crippen LogP contribution in [0.25, 0.3) is 0 Å². The van der Waals surface area contributed by atoms with Crippen LogP contribution in [0.1, 0.15) is 30.5 Å². The zero-order valence-corrected chi connectivity index (χ0v) is 14.8. The number of rotatable bonds is 5. The van der Waals surface area contributed by atoms with E-state index < -0.39 is 5.60 Å². The topological polar surface area (TPSA) is 52.6 Å². The summed E-state index contributed by atoms with van der Waals surface area (Å²) in [7, 11) is 0. The van der Waals surface area contributed by atoms with E-state index in [2.05, 4.69) is 5.32 Å². The second kappa shape index (κ2) is 7.49. The molecule has 2 amide bonds. The molecular formula is C20H26N2O2. The molecule has 0 fully saturated rings. The Morgan fingerprint density at radius 1 is 1.12 bits per heavy atom. The third kappa shape index (κ3) is 5.39. The van der Waals surface area contributed by atoms with Crippen molar-refractivity contribution in [2.24, 2.45) is 0 Å². The quantitative estimate of drug-likeness (QED) is 0.869. The van der Waals surface area contributed by atoms with Crippen LogP contribution in [0.2, 0.25) is 0 Å². The summed E-state index contributed by atoms with van der Waals surface area (Å²) in [5.41, 5.74) is 2.96. The highest BCUT2D eigenvalue weighted by molar-refractivity contribution is 5.90. The zero-order valence-electron chi connectivity index (χ0n) is 14.8. The summed E-state index contributed by atoms with van der Waals surface area (Å²) in [5.74, 6) is 0. The van der Waals surface area contributed by atoms with Crippen molar-refractivity contribution in [2.75, 3.05) is 11.9 Å². The van der Waals surface area contributed by atoms with Crippen LogP contribution in [0, 0.1) is 13.8 Å². The van der Waals surface area contributed by atoms with E-state index >= 15 is 0 Å². The lowest BCUT2D eigenvalue weighted by molar-refractivity contribution is 0.0469. The Bertz CT molecular complexity index is 691. The van der Waals surface area contributed by atoms with Crippen LogP contribution >= 0.6 is 0 Å². The molecule has 0 aliphatic heterocycles. The van der Waals surface area contributed by atoms with Gasteiger partial charge in [0.2, 0.25) is 0 Å². The number of urea groups is 1. The third-order valence-electron chi connectivity index (χ3n) is 3.72. The molecule has 0 saturated carbocycles. The van der Waals surface area contributed by atoms with Crippen LogP contribution in [0.5, 0.6) is 0 Å². The highest BCUT2D eigenvalue weighted by atomic mass is 16.3. The maximum Gasteiger partial charge on any atom is 0.322 e. The Morgan fingerprint density at radius 3 is 2.42 bits per heavy atom. The van der Waals surface area contributed by atoms with E-state index in [0.717, 1.165) is 22.4 Å². The number of aliphatic hydroxyl groups is 1. The summed E-state index contributed by atoms with van der Waals surface area (Å²) in [6.07, 6.45) is 0. The van der Waals surface area contributed by atoms with E-state index in [1.807, 2.05) is 62.4 Å². The van der Waals surface area contributed by atoms with Crippen molar-refractivity contribution in [2.45, 2.75) is 39.8 Å². The lowest BCUT2D eigenvalue weighted by atomic mass is 10.1. The molecule has 2 aromatic rings. The zero-order chi connectivity index (χ0) is 17.7. The van der Waals surface area contributed by atoms with E-state index in [0.29, 0.717) is 6.54 Å². The fraction of sp³-hybridized carbons (Fsp3) is 0.350. The Balaban J connectivity index is 2.19. The first-order chi connectivity index (χ1) is 11.2. The number of carbonyl (C=O) groups is 1. The van der Waals surface area contributed by atoms with Crippen molar-refractivity contribution in [1.29, 1.82) is 0 Å². The van der Waals surface area contributed by atoms with Gasteiger partial charge in [-0.2, -0.15) is 0 Å². The summed E-state index contributed by atoms with van der Waals surface area (Å²) in [6, 6.07) is 15.5. The summed E-state index contributed by atoms with van der Waals surface area (Å²) < 4.78 is 0. The predicted octanol–water partition coefficient (Wildman–Crippen LogP) is 4.11. The van der Waals surface area contributed by atoms with Crippen molar-refractivity contribution in [1.82, 2.24) is 4.90 Å². The molecule has 0 aliphatic carbocycles. The molecule has 0 heterocycles. The van der Waals surface area contributed by atoms with Crippen molar-refractivity contribution < 1.29 is 9.90 Å². The Labute approximate surface area is 144 Å². The van der Waals surface area contributed by atoms with Gasteiger partial charge in [-0.3, -0.25) is 0 Å². The summed E-state index contributed by atoms with van der Waals surface area (Å²) in [4.78, 5) is 14.4. The number of carbonyl (C=O) groups excluding carboxylic acids is 1. The maximum absolute atomic E-state index is 12.8. The Kier molecular flexibility index (Phi) is 5.62. The van der Waals surface area contributed by atoms with E-state index in [1.165, 1.54) is 0 Å². The molecule has 2 N–H and O–H groups in total. The molecule has 0 bridgehead atoms. The van der Waals surface area contributed by atoms with Gasteiger partial charge in [-0.15, -0.1) is 0 Å². The minimum Gasteiger partial charge on any atom is -0.389 e. The molecule has 0 spiro atoms.